The van der Waals surface area contributed by atoms with E-state index in [9.17, 15) is 0 Å². The second kappa shape index (κ2) is 10.4. The highest BCUT2D eigenvalue weighted by atomic mass is 15.0. The fourth-order valence-corrected chi connectivity index (χ4v) is 5.66. The van der Waals surface area contributed by atoms with Crippen LogP contribution < -0.4 is 21.4 Å². The lowest BCUT2D eigenvalue weighted by Gasteiger charge is -2.24. The van der Waals surface area contributed by atoms with E-state index in [2.05, 4.69) is 89.1 Å². The Morgan fingerprint density at radius 2 is 1.76 bits per heavy atom. The summed E-state index contributed by atoms with van der Waals surface area (Å²) in [6.07, 6.45) is 15.0. The molecule has 1 aromatic heterocycles. The number of benzene rings is 2. The first-order valence-corrected chi connectivity index (χ1v) is 13.8. The van der Waals surface area contributed by atoms with Gasteiger partial charge in [0.2, 0.25) is 0 Å². The Morgan fingerprint density at radius 1 is 0.974 bits per heavy atom. The Bertz CT molecular complexity index is 1640. The van der Waals surface area contributed by atoms with Gasteiger partial charge in [-0.05, 0) is 94.7 Å². The fourth-order valence-electron chi connectivity index (χ4n) is 5.66. The molecule has 2 aromatic rings. The lowest BCUT2D eigenvalue weighted by Crippen LogP contribution is -2.40. The van der Waals surface area contributed by atoms with Gasteiger partial charge in [0.15, 0.2) is 0 Å². The molecule has 0 radical (unpaired) electrons. The van der Waals surface area contributed by atoms with Crippen molar-refractivity contribution in [3.63, 3.8) is 0 Å². The van der Waals surface area contributed by atoms with Crippen molar-refractivity contribution in [3.05, 3.63) is 94.7 Å². The Morgan fingerprint density at radius 3 is 2.53 bits per heavy atom. The summed E-state index contributed by atoms with van der Waals surface area (Å²) in [5.74, 6) is 0.611. The van der Waals surface area contributed by atoms with Crippen molar-refractivity contribution in [1.29, 1.82) is 0 Å². The van der Waals surface area contributed by atoms with E-state index in [1.165, 1.54) is 5.56 Å². The van der Waals surface area contributed by atoms with Gasteiger partial charge in [0.25, 0.3) is 0 Å². The van der Waals surface area contributed by atoms with Crippen LogP contribution in [0.25, 0.3) is 29.2 Å². The molecule has 0 unspecified atom stereocenters. The fraction of sp³-hybridized carbons (Fsp3) is 0.303. The summed E-state index contributed by atoms with van der Waals surface area (Å²) < 4.78 is 2.36. The van der Waals surface area contributed by atoms with E-state index in [1.54, 1.807) is 0 Å². The number of allylic oxidation sites excluding steroid dienone is 1. The van der Waals surface area contributed by atoms with Gasteiger partial charge in [-0.15, -0.1) is 6.58 Å². The van der Waals surface area contributed by atoms with Gasteiger partial charge in [-0.2, -0.15) is 0 Å². The highest BCUT2D eigenvalue weighted by molar-refractivity contribution is 5.71. The van der Waals surface area contributed by atoms with Gasteiger partial charge in [-0.1, -0.05) is 35.9 Å². The molecule has 0 bridgehead atoms. The van der Waals surface area contributed by atoms with Crippen LogP contribution >= 0.6 is 0 Å². The molecule has 5 nitrogen and oxygen atoms in total. The molecular formula is C33H35N5. The summed E-state index contributed by atoms with van der Waals surface area (Å²) in [6.45, 7) is 8.17. The zero-order valence-corrected chi connectivity index (χ0v) is 22.3. The van der Waals surface area contributed by atoms with Gasteiger partial charge in [0, 0.05) is 11.9 Å². The maximum absolute atomic E-state index is 5.35. The number of aryl methyl sites for hydroxylation is 2. The van der Waals surface area contributed by atoms with Crippen LogP contribution in [0.3, 0.4) is 0 Å². The van der Waals surface area contributed by atoms with E-state index in [1.807, 2.05) is 19.2 Å². The van der Waals surface area contributed by atoms with Crippen molar-refractivity contribution in [1.82, 2.24) is 14.5 Å². The third-order valence-corrected chi connectivity index (χ3v) is 7.88. The molecule has 0 spiro atoms. The summed E-state index contributed by atoms with van der Waals surface area (Å²) in [5, 5.41) is 6.83. The Labute approximate surface area is 224 Å². The predicted molar refractivity (Wildman–Crippen MR) is 156 cm³/mol. The molecule has 4 aliphatic rings. The van der Waals surface area contributed by atoms with Gasteiger partial charge >= 0.3 is 0 Å². The first-order chi connectivity index (χ1) is 18.6. The SMILES string of the molecule is C=CC1CCC(N=c2cc3n(-c4ccc(C)cc4)c4c(nc-3cc2Nc2cccnc2C)=CCCC=4)CC1. The molecular weight excluding hydrogens is 466 g/mol. The largest absolute Gasteiger partial charge is 0.352 e. The minimum atomic E-state index is 0.303. The van der Waals surface area contributed by atoms with E-state index in [0.717, 1.165) is 88.7 Å². The first kappa shape index (κ1) is 24.4. The van der Waals surface area contributed by atoms with Crippen LogP contribution in [-0.2, 0) is 0 Å². The van der Waals surface area contributed by atoms with Gasteiger partial charge < -0.3 is 9.88 Å². The minimum Gasteiger partial charge on any atom is -0.352 e. The zero-order chi connectivity index (χ0) is 26.1. The van der Waals surface area contributed by atoms with E-state index in [-0.39, 0.29) is 0 Å². The molecule has 192 valence electrons. The highest BCUT2D eigenvalue weighted by Gasteiger charge is 2.20. The molecule has 0 amide bonds. The topological polar surface area (TPSA) is 55.1 Å². The molecule has 0 atom stereocenters. The number of hydrogen-bond donors (Lipinski definition) is 1. The number of rotatable bonds is 5. The minimum absolute atomic E-state index is 0.303. The standard InChI is InChI=1S/C33H35N5/c1-4-24-13-15-25(16-14-24)35-30-21-33-31(20-29(30)36-27-9-7-19-34-23(27)3)37-28-8-5-6-10-32(28)38(33)26-17-11-22(2)12-18-26/h4,7-12,17-21,24-25,36H,1,5-6,13-16H2,2-3H3. The summed E-state index contributed by atoms with van der Waals surface area (Å²) in [5.41, 5.74) is 7.35. The smallest absolute Gasteiger partial charge is 0.0900 e. The average Bonchev–Trinajstić information content (AvgIpc) is 2.94. The Kier molecular flexibility index (Phi) is 6.67. The maximum Gasteiger partial charge on any atom is 0.0900 e. The Balaban J connectivity index is 1.59. The van der Waals surface area contributed by atoms with E-state index in [4.69, 9.17) is 9.98 Å². The number of nitrogens with zero attached hydrogens (tertiary/aromatic N) is 4. The van der Waals surface area contributed by atoms with Crippen LogP contribution in [0.4, 0.5) is 11.4 Å². The normalized spacial score (nSPS) is 19.4. The van der Waals surface area contributed by atoms with Crippen molar-refractivity contribution in [2.24, 2.45) is 10.9 Å². The molecule has 1 saturated carbocycles. The second-order valence-corrected chi connectivity index (χ2v) is 10.6. The van der Waals surface area contributed by atoms with Crippen LogP contribution in [0, 0.1) is 19.8 Å². The molecule has 5 heteroatoms. The van der Waals surface area contributed by atoms with Gasteiger partial charge in [-0.25, -0.2) is 4.98 Å². The molecule has 1 aliphatic heterocycles. The van der Waals surface area contributed by atoms with Crippen LogP contribution in [-0.4, -0.2) is 20.6 Å². The molecule has 1 aromatic carbocycles. The third-order valence-electron chi connectivity index (χ3n) is 7.88. The van der Waals surface area contributed by atoms with E-state index in [0.29, 0.717) is 12.0 Å². The number of nitrogens with one attached hydrogen (secondary N) is 1. The lowest BCUT2D eigenvalue weighted by atomic mass is 9.86. The van der Waals surface area contributed by atoms with Crippen molar-refractivity contribution in [2.45, 2.75) is 58.4 Å². The maximum atomic E-state index is 5.35. The summed E-state index contributed by atoms with van der Waals surface area (Å²) in [7, 11) is 0. The monoisotopic (exact) mass is 501 g/mol. The number of anilines is 2. The number of hydrogen-bond acceptors (Lipinski definition) is 4. The van der Waals surface area contributed by atoms with Crippen LogP contribution in [0.5, 0.6) is 0 Å². The van der Waals surface area contributed by atoms with Crippen LogP contribution in [0.2, 0.25) is 0 Å². The molecule has 2 heterocycles. The molecule has 3 aliphatic carbocycles. The molecule has 38 heavy (non-hydrogen) atoms. The number of fused-ring (bicyclic) bond motifs is 2. The van der Waals surface area contributed by atoms with Crippen molar-refractivity contribution in [3.8, 4) is 17.1 Å². The highest BCUT2D eigenvalue weighted by Crippen LogP contribution is 2.28. The number of aromatic nitrogens is 3. The van der Waals surface area contributed by atoms with Crippen molar-refractivity contribution < 1.29 is 0 Å². The molecule has 1 fully saturated rings. The summed E-state index contributed by atoms with van der Waals surface area (Å²) in [6, 6.07) is 17.5. The first-order valence-electron chi connectivity index (χ1n) is 13.8. The quantitative estimate of drug-likeness (QED) is 0.355. The molecule has 1 N–H and O–H groups in total. The van der Waals surface area contributed by atoms with Gasteiger partial charge in [0.1, 0.15) is 0 Å². The predicted octanol–water partition coefficient (Wildman–Crippen LogP) is 5.73. The third kappa shape index (κ3) is 4.81. The molecule has 6 rings (SSSR count). The Hall–Kier alpha value is -3.99. The van der Waals surface area contributed by atoms with Gasteiger partial charge in [-0.3, -0.25) is 9.98 Å². The van der Waals surface area contributed by atoms with Crippen LogP contribution in [0.1, 0.15) is 49.8 Å². The van der Waals surface area contributed by atoms with Crippen molar-refractivity contribution in [2.75, 3.05) is 5.32 Å². The summed E-state index contributed by atoms with van der Waals surface area (Å²) in [4.78, 5) is 15.0. The zero-order valence-electron chi connectivity index (χ0n) is 22.3. The average molecular weight is 502 g/mol. The van der Waals surface area contributed by atoms with Crippen LogP contribution in [0.15, 0.2) is 72.4 Å². The lowest BCUT2D eigenvalue weighted by molar-refractivity contribution is 0.373. The second-order valence-electron chi connectivity index (χ2n) is 10.6. The van der Waals surface area contributed by atoms with E-state index < -0.39 is 0 Å². The van der Waals surface area contributed by atoms with Crippen molar-refractivity contribution >= 4 is 23.5 Å². The van der Waals surface area contributed by atoms with E-state index >= 15 is 0 Å². The molecule has 0 saturated heterocycles. The number of pyridine rings is 1. The summed E-state index contributed by atoms with van der Waals surface area (Å²) >= 11 is 0. The van der Waals surface area contributed by atoms with Gasteiger partial charge in [0.05, 0.1) is 50.6 Å².